The molecule has 0 saturated heterocycles. The van der Waals surface area contributed by atoms with E-state index >= 15 is 0 Å². The van der Waals surface area contributed by atoms with Crippen molar-refractivity contribution in [2.75, 3.05) is 0 Å². The zero-order valence-electron chi connectivity index (χ0n) is 9.88. The maximum Gasteiger partial charge on any atom is 0.136 e. The summed E-state index contributed by atoms with van der Waals surface area (Å²) in [5.41, 5.74) is 1.09. The van der Waals surface area contributed by atoms with Gasteiger partial charge in [-0.1, -0.05) is 18.6 Å². The Kier molecular flexibility index (Phi) is 3.83. The molecule has 0 bridgehead atoms. The molecule has 0 amide bonds. The van der Waals surface area contributed by atoms with Crippen LogP contribution in [0.5, 0.6) is 0 Å². The van der Waals surface area contributed by atoms with Gasteiger partial charge >= 0.3 is 0 Å². The van der Waals surface area contributed by atoms with Crippen molar-refractivity contribution in [3.63, 3.8) is 0 Å². The minimum absolute atomic E-state index is 0.164. The number of aldehydes is 1. The third-order valence-electron chi connectivity index (χ3n) is 3.87. The van der Waals surface area contributed by atoms with Gasteiger partial charge in [0.2, 0.25) is 0 Å². The maximum absolute atomic E-state index is 11.8. The largest absolute Gasteiger partial charge is 0.303 e. The van der Waals surface area contributed by atoms with Crippen LogP contribution in [0.15, 0.2) is 11.6 Å². The average molecular weight is 208 g/mol. The predicted molar refractivity (Wildman–Crippen MR) is 60.6 cm³/mol. The molecule has 0 aromatic carbocycles. The Bertz CT molecular complexity index is 291. The Labute approximate surface area is 91.7 Å². The van der Waals surface area contributed by atoms with Gasteiger partial charge in [0.25, 0.3) is 0 Å². The van der Waals surface area contributed by atoms with Crippen molar-refractivity contribution in [1.29, 1.82) is 0 Å². The van der Waals surface area contributed by atoms with E-state index in [2.05, 4.69) is 13.0 Å². The van der Waals surface area contributed by atoms with Gasteiger partial charge in [-0.2, -0.15) is 0 Å². The number of rotatable bonds is 4. The highest BCUT2D eigenvalue weighted by Crippen LogP contribution is 2.43. The summed E-state index contributed by atoms with van der Waals surface area (Å²) < 4.78 is 0. The van der Waals surface area contributed by atoms with Gasteiger partial charge in [0.05, 0.1) is 0 Å². The summed E-state index contributed by atoms with van der Waals surface area (Å²) in [6.45, 7) is 5.79. The number of allylic oxidation sites excluding steroid dienone is 2. The van der Waals surface area contributed by atoms with Crippen LogP contribution in [0.2, 0.25) is 0 Å². The van der Waals surface area contributed by atoms with E-state index < -0.39 is 0 Å². The highest BCUT2D eigenvalue weighted by Gasteiger charge is 2.40. The van der Waals surface area contributed by atoms with Gasteiger partial charge in [-0.3, -0.25) is 4.79 Å². The molecular formula is C13H20O2. The lowest BCUT2D eigenvalue weighted by atomic mass is 9.64. The Morgan fingerprint density at radius 1 is 1.67 bits per heavy atom. The van der Waals surface area contributed by atoms with Crippen LogP contribution in [0.3, 0.4) is 0 Å². The van der Waals surface area contributed by atoms with E-state index in [-0.39, 0.29) is 17.1 Å². The van der Waals surface area contributed by atoms with Gasteiger partial charge in [-0.15, -0.1) is 0 Å². The van der Waals surface area contributed by atoms with E-state index in [1.165, 1.54) is 5.57 Å². The number of carbonyl (C=O) groups excluding carboxylic acids is 2. The second-order valence-corrected chi connectivity index (χ2v) is 4.77. The molecule has 0 fully saturated rings. The molecule has 1 aliphatic carbocycles. The second-order valence-electron chi connectivity index (χ2n) is 4.77. The molecule has 0 heterocycles. The zero-order valence-corrected chi connectivity index (χ0v) is 9.88. The van der Waals surface area contributed by atoms with Crippen molar-refractivity contribution in [1.82, 2.24) is 0 Å². The number of carbonyl (C=O) groups is 2. The molecule has 2 nitrogen and oxygen atoms in total. The highest BCUT2D eigenvalue weighted by molar-refractivity contribution is 5.83. The molecule has 2 heteroatoms. The lowest BCUT2D eigenvalue weighted by molar-refractivity contribution is -0.130. The van der Waals surface area contributed by atoms with Gasteiger partial charge in [0.15, 0.2) is 0 Å². The number of hydrogen-bond acceptors (Lipinski definition) is 2. The molecule has 84 valence electrons. The van der Waals surface area contributed by atoms with Crippen molar-refractivity contribution in [2.24, 2.45) is 11.3 Å². The van der Waals surface area contributed by atoms with Crippen molar-refractivity contribution >= 4 is 12.1 Å². The van der Waals surface area contributed by atoms with Crippen LogP contribution in [0.25, 0.3) is 0 Å². The molecule has 0 aromatic heterocycles. The van der Waals surface area contributed by atoms with E-state index in [0.717, 1.165) is 25.5 Å². The standard InChI is InChI=1S/C13H20O2/c1-10-4-7-13(8-5-10,12(3)15)11(2)6-9-14/h4,9,11H,5-8H2,1-3H3. The lowest BCUT2D eigenvalue weighted by Crippen LogP contribution is -2.37. The van der Waals surface area contributed by atoms with Crippen LogP contribution in [-0.2, 0) is 9.59 Å². The first-order valence-corrected chi connectivity index (χ1v) is 5.63. The molecule has 1 rings (SSSR count). The zero-order chi connectivity index (χ0) is 11.5. The summed E-state index contributed by atoms with van der Waals surface area (Å²) in [5, 5.41) is 0. The number of ketones is 1. The second kappa shape index (κ2) is 4.73. The van der Waals surface area contributed by atoms with Crippen LogP contribution in [-0.4, -0.2) is 12.1 Å². The summed E-state index contributed by atoms with van der Waals surface area (Å²) in [5.74, 6) is 0.400. The average Bonchev–Trinajstić information content (AvgIpc) is 2.19. The number of Topliss-reactive ketones (excluding diaryl/α,β-unsaturated/α-hetero) is 1. The highest BCUT2D eigenvalue weighted by atomic mass is 16.1. The Morgan fingerprint density at radius 3 is 2.73 bits per heavy atom. The summed E-state index contributed by atoms with van der Waals surface area (Å²) in [4.78, 5) is 22.4. The summed E-state index contributed by atoms with van der Waals surface area (Å²) in [6, 6.07) is 0. The van der Waals surface area contributed by atoms with Gasteiger partial charge in [0, 0.05) is 11.8 Å². The fourth-order valence-electron chi connectivity index (χ4n) is 2.46. The first-order chi connectivity index (χ1) is 7.03. The molecule has 0 radical (unpaired) electrons. The van der Waals surface area contributed by atoms with E-state index in [4.69, 9.17) is 0 Å². The minimum Gasteiger partial charge on any atom is -0.303 e. The van der Waals surface area contributed by atoms with E-state index in [9.17, 15) is 9.59 Å². The first kappa shape index (κ1) is 12.2. The quantitative estimate of drug-likeness (QED) is 0.526. The normalized spacial score (nSPS) is 28.1. The summed E-state index contributed by atoms with van der Waals surface area (Å²) in [6.07, 6.45) is 6.28. The van der Waals surface area contributed by atoms with Gasteiger partial charge in [-0.25, -0.2) is 0 Å². The predicted octanol–water partition coefficient (Wildman–Crippen LogP) is 2.92. The number of hydrogen-bond donors (Lipinski definition) is 0. The molecule has 1 aliphatic rings. The first-order valence-electron chi connectivity index (χ1n) is 5.63. The van der Waals surface area contributed by atoms with Crippen molar-refractivity contribution in [3.8, 4) is 0 Å². The van der Waals surface area contributed by atoms with E-state index in [0.29, 0.717) is 6.42 Å². The van der Waals surface area contributed by atoms with E-state index in [1.54, 1.807) is 6.92 Å². The summed E-state index contributed by atoms with van der Waals surface area (Å²) >= 11 is 0. The van der Waals surface area contributed by atoms with E-state index in [1.807, 2.05) is 6.92 Å². The Hall–Kier alpha value is -0.920. The van der Waals surface area contributed by atoms with Crippen molar-refractivity contribution in [3.05, 3.63) is 11.6 Å². The Balaban J connectivity index is 2.90. The molecule has 15 heavy (non-hydrogen) atoms. The van der Waals surface area contributed by atoms with Crippen LogP contribution < -0.4 is 0 Å². The molecule has 0 spiro atoms. The van der Waals surface area contributed by atoms with Crippen LogP contribution in [0.1, 0.15) is 46.5 Å². The molecule has 0 saturated carbocycles. The Morgan fingerprint density at radius 2 is 2.33 bits per heavy atom. The SMILES string of the molecule is CC(=O)C1(C(C)CC=O)CC=C(C)CC1. The van der Waals surface area contributed by atoms with Crippen LogP contribution in [0.4, 0.5) is 0 Å². The topological polar surface area (TPSA) is 34.1 Å². The molecular weight excluding hydrogens is 188 g/mol. The van der Waals surface area contributed by atoms with Gasteiger partial charge in [0.1, 0.15) is 12.1 Å². The lowest BCUT2D eigenvalue weighted by Gasteiger charge is -2.38. The minimum atomic E-state index is -0.277. The molecule has 0 N–H and O–H groups in total. The fourth-order valence-corrected chi connectivity index (χ4v) is 2.46. The molecule has 0 aliphatic heterocycles. The summed E-state index contributed by atoms with van der Waals surface area (Å²) in [7, 11) is 0. The molecule has 2 unspecified atom stereocenters. The van der Waals surface area contributed by atoms with Crippen LogP contribution >= 0.6 is 0 Å². The molecule has 2 atom stereocenters. The van der Waals surface area contributed by atoms with Gasteiger partial charge in [-0.05, 0) is 39.0 Å². The van der Waals surface area contributed by atoms with Crippen LogP contribution in [0, 0.1) is 11.3 Å². The van der Waals surface area contributed by atoms with Gasteiger partial charge < -0.3 is 4.79 Å². The maximum atomic E-state index is 11.8. The third-order valence-corrected chi connectivity index (χ3v) is 3.87. The monoisotopic (exact) mass is 208 g/mol. The van der Waals surface area contributed by atoms with Crippen molar-refractivity contribution < 1.29 is 9.59 Å². The molecule has 0 aromatic rings. The van der Waals surface area contributed by atoms with Crippen molar-refractivity contribution in [2.45, 2.75) is 46.5 Å². The third kappa shape index (κ3) is 2.36. The fraction of sp³-hybridized carbons (Fsp3) is 0.692. The smallest absolute Gasteiger partial charge is 0.136 e.